The van der Waals surface area contributed by atoms with Crippen LogP contribution in [0, 0.1) is 28.5 Å². The highest BCUT2D eigenvalue weighted by Crippen LogP contribution is 2.41. The molecule has 2 heterocycles. The van der Waals surface area contributed by atoms with Crippen molar-refractivity contribution in [2.45, 2.75) is 38.5 Å². The van der Waals surface area contributed by atoms with Crippen LogP contribution in [0.25, 0.3) is 22.3 Å². The zero-order valence-electron chi connectivity index (χ0n) is 25.8. The highest BCUT2D eigenvalue weighted by atomic mass is 19.1. The van der Waals surface area contributed by atoms with E-state index in [0.29, 0.717) is 53.5 Å². The number of benzene rings is 3. The van der Waals surface area contributed by atoms with Crippen molar-refractivity contribution < 1.29 is 29.0 Å². The van der Waals surface area contributed by atoms with Crippen LogP contribution in [0.15, 0.2) is 66.9 Å². The molecule has 4 N–H and O–H groups in total. The van der Waals surface area contributed by atoms with Crippen LogP contribution in [0.5, 0.6) is 17.2 Å². The maximum Gasteiger partial charge on any atom is 0.284 e. The third-order valence-electron chi connectivity index (χ3n) is 8.14. The fourth-order valence-electron chi connectivity index (χ4n) is 5.58. The van der Waals surface area contributed by atoms with Crippen LogP contribution in [-0.2, 0) is 11.3 Å². The number of nitriles is 2. The Morgan fingerprint density at radius 1 is 1.09 bits per heavy atom. The minimum absolute atomic E-state index is 0.0925. The number of nitrogens with zero attached hydrogens (tertiary/aromatic N) is 4. The number of nitrogens with one attached hydrogen (secondary N) is 2. The fourth-order valence-corrected chi connectivity index (χ4v) is 5.58. The second kappa shape index (κ2) is 14.6. The molecule has 1 fully saturated rings. The number of aromatic hydroxyl groups is 1. The molecule has 0 spiro atoms. The zero-order chi connectivity index (χ0) is 33.5. The molecule has 240 valence electrons. The van der Waals surface area contributed by atoms with Crippen LogP contribution in [0.4, 0.5) is 10.2 Å². The number of halogens is 1. The zero-order valence-corrected chi connectivity index (χ0v) is 25.8. The standard InChI is InChI=1S/C35H33FN6O5/c1-21(35(44)41-45)47-27-8-3-22(4-9-27)19-39-26-11-13-42(14-12-26)34-28(18-38)33(24-5-6-25(17-37)30(36)15-24)29(20-40-34)23-7-10-32(46-2)31(43)16-23/h3-10,15-16,20-21,26,39,43,45H,11-14,19H2,1-2H3,(H,41,44). The molecule has 1 saturated heterocycles. The number of rotatable bonds is 10. The Morgan fingerprint density at radius 3 is 2.43 bits per heavy atom. The van der Waals surface area contributed by atoms with E-state index < -0.39 is 17.8 Å². The van der Waals surface area contributed by atoms with Gasteiger partial charge in [0.15, 0.2) is 17.6 Å². The van der Waals surface area contributed by atoms with Gasteiger partial charge in [-0.05, 0) is 72.9 Å². The van der Waals surface area contributed by atoms with Gasteiger partial charge in [-0.3, -0.25) is 10.0 Å². The van der Waals surface area contributed by atoms with Gasteiger partial charge in [-0.15, -0.1) is 0 Å². The lowest BCUT2D eigenvalue weighted by atomic mass is 9.91. The van der Waals surface area contributed by atoms with Gasteiger partial charge in [0.2, 0.25) is 0 Å². The van der Waals surface area contributed by atoms with Crippen molar-refractivity contribution in [2.75, 3.05) is 25.1 Å². The summed E-state index contributed by atoms with van der Waals surface area (Å²) in [4.78, 5) is 18.2. The molecule has 3 aromatic carbocycles. The van der Waals surface area contributed by atoms with Crippen molar-refractivity contribution in [1.82, 2.24) is 15.8 Å². The van der Waals surface area contributed by atoms with Gasteiger partial charge in [0.05, 0.1) is 12.7 Å². The molecule has 0 aliphatic carbocycles. The van der Waals surface area contributed by atoms with Crippen LogP contribution in [0.3, 0.4) is 0 Å². The molecule has 1 aromatic heterocycles. The van der Waals surface area contributed by atoms with Crippen molar-refractivity contribution in [3.05, 3.63) is 89.4 Å². The van der Waals surface area contributed by atoms with Crippen LogP contribution >= 0.6 is 0 Å². The van der Waals surface area contributed by atoms with Crippen LogP contribution in [0.1, 0.15) is 36.5 Å². The minimum Gasteiger partial charge on any atom is -0.504 e. The summed E-state index contributed by atoms with van der Waals surface area (Å²) < 4.78 is 25.5. The summed E-state index contributed by atoms with van der Waals surface area (Å²) in [5.41, 5.74) is 4.70. The first-order chi connectivity index (χ1) is 22.8. The normalized spacial score (nSPS) is 13.7. The summed E-state index contributed by atoms with van der Waals surface area (Å²) in [6.45, 7) is 3.41. The second-order valence-electron chi connectivity index (χ2n) is 11.1. The van der Waals surface area contributed by atoms with Gasteiger partial charge in [-0.2, -0.15) is 10.5 Å². The molecule has 1 aliphatic heterocycles. The molecule has 12 heteroatoms. The number of amides is 1. The van der Waals surface area contributed by atoms with Crippen LogP contribution in [-0.4, -0.2) is 53.6 Å². The molecule has 5 rings (SSSR count). The van der Waals surface area contributed by atoms with E-state index in [9.17, 15) is 24.8 Å². The number of ether oxygens (including phenoxy) is 2. The van der Waals surface area contributed by atoms with Gasteiger partial charge in [0, 0.05) is 43.0 Å². The minimum atomic E-state index is -0.835. The van der Waals surface area contributed by atoms with Gasteiger partial charge < -0.3 is 24.8 Å². The summed E-state index contributed by atoms with van der Waals surface area (Å²) in [6.07, 6.45) is 2.36. The van der Waals surface area contributed by atoms with E-state index in [1.165, 1.54) is 32.2 Å². The first-order valence-electron chi connectivity index (χ1n) is 14.9. The maximum absolute atomic E-state index is 14.9. The topological polar surface area (TPSA) is 164 Å². The molecule has 1 atom stereocenters. The van der Waals surface area contributed by atoms with Crippen molar-refractivity contribution >= 4 is 11.7 Å². The number of phenolic OH excluding ortho intramolecular Hbond substituents is 1. The number of aromatic nitrogens is 1. The molecule has 0 radical (unpaired) electrons. The van der Waals surface area contributed by atoms with Crippen LogP contribution < -0.4 is 25.2 Å². The monoisotopic (exact) mass is 636 g/mol. The Hall–Kier alpha value is -5.69. The van der Waals surface area contributed by atoms with Gasteiger partial charge in [0.1, 0.15) is 35.1 Å². The summed E-state index contributed by atoms with van der Waals surface area (Å²) >= 11 is 0. The van der Waals surface area contributed by atoms with E-state index in [-0.39, 0.29) is 28.7 Å². The molecule has 11 nitrogen and oxygen atoms in total. The molecule has 1 aliphatic rings. The molecule has 0 bridgehead atoms. The second-order valence-corrected chi connectivity index (χ2v) is 11.1. The number of piperidine rings is 1. The van der Waals surface area contributed by atoms with Crippen molar-refractivity contribution in [3.8, 4) is 51.6 Å². The molecule has 47 heavy (non-hydrogen) atoms. The number of hydrogen-bond acceptors (Lipinski definition) is 10. The lowest BCUT2D eigenvalue weighted by Gasteiger charge is -2.34. The fraction of sp³-hybridized carbons (Fsp3) is 0.257. The highest BCUT2D eigenvalue weighted by molar-refractivity contribution is 5.90. The summed E-state index contributed by atoms with van der Waals surface area (Å²) in [5, 5.41) is 42.5. The average molecular weight is 637 g/mol. The third kappa shape index (κ3) is 7.25. The van der Waals surface area contributed by atoms with Crippen LogP contribution in [0.2, 0.25) is 0 Å². The maximum atomic E-state index is 14.9. The highest BCUT2D eigenvalue weighted by Gasteiger charge is 2.26. The third-order valence-corrected chi connectivity index (χ3v) is 8.14. The number of hydroxylamine groups is 1. The van der Waals surface area contributed by atoms with Gasteiger partial charge in [-0.25, -0.2) is 14.9 Å². The van der Waals surface area contributed by atoms with Gasteiger partial charge >= 0.3 is 0 Å². The lowest BCUT2D eigenvalue weighted by Crippen LogP contribution is -2.42. The molecular formula is C35H33FN6O5. The Kier molecular flexibility index (Phi) is 10.2. The van der Waals surface area contributed by atoms with E-state index in [2.05, 4.69) is 11.4 Å². The number of methoxy groups -OCH3 is 1. The Bertz CT molecular complexity index is 1850. The molecule has 4 aromatic rings. The number of pyridine rings is 1. The lowest BCUT2D eigenvalue weighted by molar-refractivity contribution is -0.135. The largest absolute Gasteiger partial charge is 0.504 e. The van der Waals surface area contributed by atoms with E-state index in [1.807, 2.05) is 23.1 Å². The smallest absolute Gasteiger partial charge is 0.284 e. The molecule has 0 saturated carbocycles. The summed E-state index contributed by atoms with van der Waals surface area (Å²) in [5.74, 6) is -0.152. The number of hydrogen-bond donors (Lipinski definition) is 4. The first kappa shape index (κ1) is 32.7. The predicted octanol–water partition coefficient (Wildman–Crippen LogP) is 5.04. The van der Waals surface area contributed by atoms with Crippen molar-refractivity contribution in [1.29, 1.82) is 10.5 Å². The summed E-state index contributed by atoms with van der Waals surface area (Å²) in [7, 11) is 1.45. The SMILES string of the molecule is COc1ccc(-c2cnc(N3CCC(NCc4ccc(OC(C)C(=O)NO)cc4)CC3)c(C#N)c2-c2ccc(C#N)c(F)c2)cc1O. The average Bonchev–Trinajstić information content (AvgIpc) is 3.10. The van der Waals surface area contributed by atoms with E-state index in [0.717, 1.165) is 18.4 Å². The molecule has 1 unspecified atom stereocenters. The quantitative estimate of drug-likeness (QED) is 0.137. The number of phenols is 1. The van der Waals surface area contributed by atoms with Crippen molar-refractivity contribution in [2.24, 2.45) is 0 Å². The Labute approximate surface area is 271 Å². The number of carbonyl (C=O) groups excluding carboxylic acids is 1. The van der Waals surface area contributed by atoms with E-state index >= 15 is 0 Å². The van der Waals surface area contributed by atoms with Crippen molar-refractivity contribution in [3.63, 3.8) is 0 Å². The first-order valence-corrected chi connectivity index (χ1v) is 14.9. The Morgan fingerprint density at radius 2 is 1.81 bits per heavy atom. The summed E-state index contributed by atoms with van der Waals surface area (Å²) in [6, 6.07) is 20.8. The molecular weight excluding hydrogens is 603 g/mol. The predicted molar refractivity (Wildman–Crippen MR) is 171 cm³/mol. The van der Waals surface area contributed by atoms with E-state index in [4.69, 9.17) is 19.7 Å². The van der Waals surface area contributed by atoms with Gasteiger partial charge in [0.25, 0.3) is 5.91 Å². The number of anilines is 1. The van der Waals surface area contributed by atoms with Gasteiger partial charge in [-0.1, -0.05) is 24.3 Å². The van der Waals surface area contributed by atoms with E-state index in [1.54, 1.807) is 42.0 Å². The number of carbonyl (C=O) groups is 1. The molecule has 1 amide bonds. The Balaban J connectivity index is 1.34.